The van der Waals surface area contributed by atoms with Crippen LogP contribution in [0.5, 0.6) is 0 Å². The number of aliphatic imine (C=N–C) groups is 1. The lowest BCUT2D eigenvalue weighted by Gasteiger charge is -2.35. The molecule has 7 heteroatoms. The summed E-state index contributed by atoms with van der Waals surface area (Å²) in [6.45, 7) is 11.7. The number of nitrogens with zero attached hydrogens (tertiary/aromatic N) is 2. The van der Waals surface area contributed by atoms with Gasteiger partial charge in [-0.1, -0.05) is 12.1 Å². The lowest BCUT2D eigenvalue weighted by atomic mass is 10.1. The maximum absolute atomic E-state index is 13.2. The number of guanidine groups is 1. The largest absolute Gasteiger partial charge is 0.373 e. The zero-order valence-corrected chi connectivity index (χ0v) is 19.0. The van der Waals surface area contributed by atoms with Gasteiger partial charge in [-0.3, -0.25) is 9.89 Å². The molecule has 1 aliphatic rings. The fourth-order valence-electron chi connectivity index (χ4n) is 3.31. The van der Waals surface area contributed by atoms with Gasteiger partial charge in [0.25, 0.3) is 0 Å². The molecule has 27 heavy (non-hydrogen) atoms. The van der Waals surface area contributed by atoms with Gasteiger partial charge >= 0.3 is 0 Å². The highest BCUT2D eigenvalue weighted by Gasteiger charge is 2.21. The molecule has 0 radical (unpaired) electrons. The molecule has 0 saturated carbocycles. The minimum absolute atomic E-state index is 0. The number of hydrogen-bond acceptors (Lipinski definition) is 3. The summed E-state index contributed by atoms with van der Waals surface area (Å²) >= 11 is 0. The molecule has 2 N–H and O–H groups in total. The molecule has 0 aliphatic carbocycles. The average molecular weight is 492 g/mol. The molecule has 2 atom stereocenters. The van der Waals surface area contributed by atoms with Gasteiger partial charge in [0, 0.05) is 39.3 Å². The van der Waals surface area contributed by atoms with E-state index in [1.54, 1.807) is 12.1 Å². The van der Waals surface area contributed by atoms with Crippen LogP contribution in [-0.4, -0.2) is 62.3 Å². The molecule has 5 nitrogen and oxygen atoms in total. The van der Waals surface area contributed by atoms with E-state index in [1.165, 1.54) is 6.07 Å². The number of ether oxygens (including phenoxy) is 1. The highest BCUT2D eigenvalue weighted by molar-refractivity contribution is 14.0. The number of nitrogens with one attached hydrogen (secondary N) is 2. The van der Waals surface area contributed by atoms with E-state index in [9.17, 15) is 4.39 Å². The second kappa shape index (κ2) is 13.3. The second-order valence-corrected chi connectivity index (χ2v) is 6.94. The Labute approximate surface area is 180 Å². The summed E-state index contributed by atoms with van der Waals surface area (Å²) in [7, 11) is 0. The predicted octanol–water partition coefficient (Wildman–Crippen LogP) is 3.04. The van der Waals surface area contributed by atoms with E-state index >= 15 is 0 Å². The average Bonchev–Trinajstić information content (AvgIpc) is 2.58. The third-order valence-corrected chi connectivity index (χ3v) is 4.34. The van der Waals surface area contributed by atoms with Crippen LogP contribution >= 0.6 is 24.0 Å². The van der Waals surface area contributed by atoms with E-state index in [2.05, 4.69) is 41.3 Å². The maximum Gasteiger partial charge on any atom is 0.191 e. The van der Waals surface area contributed by atoms with Gasteiger partial charge in [0.1, 0.15) is 5.82 Å². The number of hydrogen-bond donors (Lipinski definition) is 2. The van der Waals surface area contributed by atoms with E-state index in [4.69, 9.17) is 4.74 Å². The Morgan fingerprint density at radius 1 is 1.26 bits per heavy atom. The van der Waals surface area contributed by atoms with E-state index in [1.807, 2.05) is 6.07 Å². The van der Waals surface area contributed by atoms with Crippen LogP contribution < -0.4 is 10.6 Å². The summed E-state index contributed by atoms with van der Waals surface area (Å²) in [5.74, 6) is 0.641. The molecular weight excluding hydrogens is 458 g/mol. The van der Waals surface area contributed by atoms with Crippen molar-refractivity contribution in [3.8, 4) is 0 Å². The monoisotopic (exact) mass is 492 g/mol. The van der Waals surface area contributed by atoms with Crippen LogP contribution in [-0.2, 0) is 11.2 Å². The predicted molar refractivity (Wildman–Crippen MR) is 121 cm³/mol. The maximum atomic E-state index is 13.2. The standard InChI is InChI=1S/C20H33FN4O.HI/c1-4-22-20(24-11-9-18-7-5-8-19(21)13-18)23-10-6-12-25-14-16(2)26-17(3)15-25;/h5,7-8,13,16-17H,4,6,9-12,14-15H2,1-3H3,(H2,22,23,24);1H. The van der Waals surface area contributed by atoms with Crippen LogP contribution in [0.25, 0.3) is 0 Å². The van der Waals surface area contributed by atoms with Crippen molar-refractivity contribution in [2.75, 3.05) is 39.3 Å². The van der Waals surface area contributed by atoms with Gasteiger partial charge in [0.2, 0.25) is 0 Å². The second-order valence-electron chi connectivity index (χ2n) is 6.94. The zero-order valence-electron chi connectivity index (χ0n) is 16.7. The molecule has 0 bridgehead atoms. The van der Waals surface area contributed by atoms with Gasteiger partial charge in [-0.05, 0) is 51.3 Å². The van der Waals surface area contributed by atoms with E-state index < -0.39 is 0 Å². The molecule has 1 saturated heterocycles. The summed E-state index contributed by atoms with van der Waals surface area (Å²) in [5, 5.41) is 6.59. The van der Waals surface area contributed by atoms with Crippen LogP contribution in [0.3, 0.4) is 0 Å². The van der Waals surface area contributed by atoms with Crippen molar-refractivity contribution < 1.29 is 9.13 Å². The number of benzene rings is 1. The molecule has 1 fully saturated rings. The van der Waals surface area contributed by atoms with Gasteiger partial charge in [0.15, 0.2) is 5.96 Å². The Balaban J connectivity index is 0.00000364. The van der Waals surface area contributed by atoms with Gasteiger partial charge in [0.05, 0.1) is 12.2 Å². The highest BCUT2D eigenvalue weighted by Crippen LogP contribution is 2.10. The van der Waals surface area contributed by atoms with Crippen molar-refractivity contribution in [1.82, 2.24) is 15.5 Å². The van der Waals surface area contributed by atoms with E-state index in [-0.39, 0.29) is 29.8 Å². The van der Waals surface area contributed by atoms with Crippen LogP contribution in [0, 0.1) is 5.82 Å². The number of halogens is 2. The summed E-state index contributed by atoms with van der Waals surface area (Å²) in [5.41, 5.74) is 0.990. The van der Waals surface area contributed by atoms with Crippen molar-refractivity contribution in [1.29, 1.82) is 0 Å². The smallest absolute Gasteiger partial charge is 0.191 e. The third-order valence-electron chi connectivity index (χ3n) is 4.34. The lowest BCUT2D eigenvalue weighted by Crippen LogP contribution is -2.45. The fourth-order valence-corrected chi connectivity index (χ4v) is 3.31. The van der Waals surface area contributed by atoms with Crippen molar-refractivity contribution in [3.63, 3.8) is 0 Å². The van der Waals surface area contributed by atoms with Gasteiger partial charge < -0.3 is 15.4 Å². The summed E-state index contributed by atoms with van der Waals surface area (Å²) in [6, 6.07) is 6.74. The Morgan fingerprint density at radius 2 is 2.00 bits per heavy atom. The molecule has 1 aromatic rings. The zero-order chi connectivity index (χ0) is 18.8. The number of rotatable bonds is 8. The molecule has 0 aromatic heterocycles. The molecule has 1 aromatic carbocycles. The van der Waals surface area contributed by atoms with Gasteiger partial charge in [-0.25, -0.2) is 4.39 Å². The van der Waals surface area contributed by atoms with E-state index in [0.717, 1.165) is 63.6 Å². The summed E-state index contributed by atoms with van der Waals surface area (Å²) in [6.07, 6.45) is 2.42. The minimum Gasteiger partial charge on any atom is -0.373 e. The normalized spacial score (nSPS) is 20.8. The Kier molecular flexibility index (Phi) is 11.9. The molecule has 0 spiro atoms. The first kappa shape index (κ1) is 24.1. The molecule has 154 valence electrons. The Hall–Kier alpha value is -0.930. The molecule has 2 rings (SSSR count). The topological polar surface area (TPSA) is 48.9 Å². The van der Waals surface area contributed by atoms with Crippen LogP contribution in [0.2, 0.25) is 0 Å². The Morgan fingerprint density at radius 3 is 2.67 bits per heavy atom. The van der Waals surface area contributed by atoms with E-state index in [0.29, 0.717) is 12.2 Å². The first-order valence-electron chi connectivity index (χ1n) is 9.71. The first-order chi connectivity index (χ1) is 12.6. The number of morpholine rings is 1. The summed E-state index contributed by atoms with van der Waals surface area (Å²) < 4.78 is 19.0. The van der Waals surface area contributed by atoms with Crippen LogP contribution in [0.15, 0.2) is 29.3 Å². The summed E-state index contributed by atoms with van der Waals surface area (Å²) in [4.78, 5) is 7.10. The van der Waals surface area contributed by atoms with Crippen molar-refractivity contribution in [3.05, 3.63) is 35.6 Å². The minimum atomic E-state index is -0.185. The van der Waals surface area contributed by atoms with Crippen molar-refractivity contribution in [2.45, 2.75) is 45.8 Å². The van der Waals surface area contributed by atoms with Gasteiger partial charge in [-0.15, -0.1) is 24.0 Å². The molecule has 1 aliphatic heterocycles. The van der Waals surface area contributed by atoms with Crippen molar-refractivity contribution >= 4 is 29.9 Å². The molecule has 1 heterocycles. The fraction of sp³-hybridized carbons (Fsp3) is 0.650. The van der Waals surface area contributed by atoms with Crippen LogP contribution in [0.4, 0.5) is 4.39 Å². The first-order valence-corrected chi connectivity index (χ1v) is 9.71. The van der Waals surface area contributed by atoms with Crippen molar-refractivity contribution in [2.24, 2.45) is 4.99 Å². The molecular formula is C20H34FIN4O. The van der Waals surface area contributed by atoms with Crippen LogP contribution in [0.1, 0.15) is 32.8 Å². The highest BCUT2D eigenvalue weighted by atomic mass is 127. The Bertz CT molecular complexity index is 563. The third kappa shape index (κ3) is 9.71. The van der Waals surface area contributed by atoms with Gasteiger partial charge in [-0.2, -0.15) is 0 Å². The SMILES string of the molecule is CCNC(=NCCCN1CC(C)OC(C)C1)NCCc1cccc(F)c1.I. The molecule has 0 amide bonds. The lowest BCUT2D eigenvalue weighted by molar-refractivity contribution is -0.0679. The quantitative estimate of drug-likeness (QED) is 0.254. The molecule has 2 unspecified atom stereocenters.